The van der Waals surface area contributed by atoms with Crippen molar-refractivity contribution < 1.29 is 23.9 Å². The van der Waals surface area contributed by atoms with Gasteiger partial charge < -0.3 is 24.3 Å². The lowest BCUT2D eigenvalue weighted by molar-refractivity contribution is -0.130. The van der Waals surface area contributed by atoms with Crippen LogP contribution in [0.1, 0.15) is 16.8 Å². The van der Waals surface area contributed by atoms with E-state index in [1.807, 2.05) is 18.2 Å². The van der Waals surface area contributed by atoms with E-state index in [1.165, 1.54) is 4.90 Å². The molecule has 3 rings (SSSR count). The topological polar surface area (TPSA) is 89.9 Å². The number of methoxy groups -OCH3 is 1. The molecule has 1 saturated heterocycles. The van der Waals surface area contributed by atoms with Gasteiger partial charge in [0, 0.05) is 50.5 Å². The Balaban J connectivity index is 1.77. The van der Waals surface area contributed by atoms with E-state index in [9.17, 15) is 14.4 Å². The highest BCUT2D eigenvalue weighted by molar-refractivity contribution is 6.44. The van der Waals surface area contributed by atoms with Gasteiger partial charge in [-0.3, -0.25) is 14.4 Å². The van der Waals surface area contributed by atoms with Crippen LogP contribution in [0.15, 0.2) is 30.5 Å². The number of ether oxygens (including phenoxy) is 2. The monoisotopic (exact) mass is 387 g/mol. The van der Waals surface area contributed by atoms with Gasteiger partial charge in [0.05, 0.1) is 18.8 Å². The van der Waals surface area contributed by atoms with Gasteiger partial charge in [-0.15, -0.1) is 0 Å². The van der Waals surface area contributed by atoms with Crippen LogP contribution in [0.25, 0.3) is 10.9 Å². The second-order valence-corrected chi connectivity index (χ2v) is 6.62. The number of aromatic nitrogens is 1. The predicted molar refractivity (Wildman–Crippen MR) is 103 cm³/mol. The van der Waals surface area contributed by atoms with Crippen molar-refractivity contribution >= 4 is 28.5 Å². The SMILES string of the molecule is COCCCNC(=O)Cn1cc(C(=O)C(=O)N2CCOCC2)c2ccccc21. The first-order valence-electron chi connectivity index (χ1n) is 9.36. The molecule has 150 valence electrons. The summed E-state index contributed by atoms with van der Waals surface area (Å²) >= 11 is 0. The minimum atomic E-state index is -0.558. The van der Waals surface area contributed by atoms with Gasteiger partial charge in [0.1, 0.15) is 6.54 Å². The molecular formula is C20H25N3O5. The molecular weight excluding hydrogens is 362 g/mol. The van der Waals surface area contributed by atoms with Crippen LogP contribution in [-0.2, 0) is 25.6 Å². The molecule has 1 aliphatic rings. The summed E-state index contributed by atoms with van der Waals surface area (Å²) in [6.45, 7) is 2.86. The lowest BCUT2D eigenvalue weighted by Crippen LogP contribution is -2.44. The highest BCUT2D eigenvalue weighted by Gasteiger charge is 2.27. The highest BCUT2D eigenvalue weighted by atomic mass is 16.5. The van der Waals surface area contributed by atoms with E-state index in [2.05, 4.69) is 5.32 Å². The Labute approximate surface area is 163 Å². The molecule has 1 aromatic heterocycles. The van der Waals surface area contributed by atoms with Gasteiger partial charge in [-0.05, 0) is 12.5 Å². The van der Waals surface area contributed by atoms with Gasteiger partial charge in [0.25, 0.3) is 11.7 Å². The van der Waals surface area contributed by atoms with Crippen LogP contribution in [0.3, 0.4) is 0 Å². The second kappa shape index (κ2) is 9.48. The van der Waals surface area contributed by atoms with Crippen LogP contribution in [0, 0.1) is 0 Å². The molecule has 0 aliphatic carbocycles. The summed E-state index contributed by atoms with van der Waals surface area (Å²) in [5.41, 5.74) is 1.06. The lowest BCUT2D eigenvalue weighted by Gasteiger charge is -2.25. The molecule has 1 fully saturated rings. The maximum absolute atomic E-state index is 12.8. The molecule has 0 saturated carbocycles. The molecule has 28 heavy (non-hydrogen) atoms. The van der Waals surface area contributed by atoms with Gasteiger partial charge in [0.2, 0.25) is 5.91 Å². The Kier molecular flexibility index (Phi) is 6.78. The number of hydrogen-bond donors (Lipinski definition) is 1. The predicted octanol–water partition coefficient (Wildman–Crippen LogP) is 0.836. The number of ketones is 1. The molecule has 8 nitrogen and oxygen atoms in total. The first-order chi connectivity index (χ1) is 13.6. The van der Waals surface area contributed by atoms with Gasteiger partial charge in [0.15, 0.2) is 0 Å². The van der Waals surface area contributed by atoms with Crippen LogP contribution < -0.4 is 5.32 Å². The summed E-state index contributed by atoms with van der Waals surface area (Å²) < 4.78 is 11.9. The van der Waals surface area contributed by atoms with Gasteiger partial charge in [-0.1, -0.05) is 18.2 Å². The number of fused-ring (bicyclic) bond motifs is 1. The van der Waals surface area contributed by atoms with E-state index in [0.29, 0.717) is 50.4 Å². The molecule has 1 N–H and O–H groups in total. The number of nitrogens with one attached hydrogen (secondary N) is 1. The molecule has 2 heterocycles. The van der Waals surface area contributed by atoms with Gasteiger partial charge in [-0.2, -0.15) is 0 Å². The lowest BCUT2D eigenvalue weighted by atomic mass is 10.1. The molecule has 1 aliphatic heterocycles. The number of nitrogens with zero attached hydrogens (tertiary/aromatic N) is 2. The van der Waals surface area contributed by atoms with Crippen molar-refractivity contribution in [3.63, 3.8) is 0 Å². The van der Waals surface area contributed by atoms with Crippen molar-refractivity contribution in [3.05, 3.63) is 36.0 Å². The molecule has 0 atom stereocenters. The number of carbonyl (C=O) groups is 3. The Bertz CT molecular complexity index is 855. The maximum atomic E-state index is 12.8. The van der Waals surface area contributed by atoms with Crippen LogP contribution >= 0.6 is 0 Å². The van der Waals surface area contributed by atoms with E-state index < -0.39 is 11.7 Å². The summed E-state index contributed by atoms with van der Waals surface area (Å²) in [6.07, 6.45) is 2.33. The third-order valence-corrected chi connectivity index (χ3v) is 4.69. The quantitative estimate of drug-likeness (QED) is 0.412. The number of Topliss-reactive ketones (excluding diaryl/α,β-unsaturated/α-hetero) is 1. The van der Waals surface area contributed by atoms with Crippen LogP contribution in [0.4, 0.5) is 0 Å². The summed E-state index contributed by atoms with van der Waals surface area (Å²) in [5.74, 6) is -1.25. The molecule has 0 unspecified atom stereocenters. The molecule has 2 aromatic rings. The van der Waals surface area contributed by atoms with Gasteiger partial charge >= 0.3 is 0 Å². The first kappa shape index (κ1) is 20.0. The smallest absolute Gasteiger partial charge is 0.295 e. The number of benzene rings is 1. The number of morpholine rings is 1. The first-order valence-corrected chi connectivity index (χ1v) is 9.36. The summed E-state index contributed by atoms with van der Waals surface area (Å²) in [4.78, 5) is 39.2. The Morgan fingerprint density at radius 2 is 1.93 bits per heavy atom. The maximum Gasteiger partial charge on any atom is 0.295 e. The Hall–Kier alpha value is -2.71. The fourth-order valence-electron chi connectivity index (χ4n) is 3.24. The number of para-hydroxylation sites is 1. The van der Waals surface area contributed by atoms with E-state index in [4.69, 9.17) is 9.47 Å². The largest absolute Gasteiger partial charge is 0.385 e. The zero-order valence-corrected chi connectivity index (χ0v) is 16.0. The van der Waals surface area contributed by atoms with Crippen LogP contribution in [0.2, 0.25) is 0 Å². The Morgan fingerprint density at radius 1 is 1.18 bits per heavy atom. The molecule has 0 bridgehead atoms. The highest BCUT2D eigenvalue weighted by Crippen LogP contribution is 2.22. The standard InChI is InChI=1S/C20H25N3O5/c1-27-10-4-7-21-18(24)14-23-13-16(15-5-2-3-6-17(15)23)19(25)20(26)22-8-11-28-12-9-22/h2-3,5-6,13H,4,7-12,14H2,1H3,(H,21,24). The van der Waals surface area contributed by atoms with Crippen molar-refractivity contribution in [1.29, 1.82) is 0 Å². The number of amides is 2. The van der Waals surface area contributed by atoms with Crippen LogP contribution in [-0.4, -0.2) is 73.6 Å². The van der Waals surface area contributed by atoms with E-state index in [-0.39, 0.29) is 12.5 Å². The molecule has 0 spiro atoms. The second-order valence-electron chi connectivity index (χ2n) is 6.62. The zero-order chi connectivity index (χ0) is 19.9. The van der Waals surface area contributed by atoms with E-state index in [1.54, 1.807) is 23.9 Å². The summed E-state index contributed by atoms with van der Waals surface area (Å²) in [5, 5.41) is 3.50. The third kappa shape index (κ3) is 4.58. The van der Waals surface area contributed by atoms with Crippen molar-refractivity contribution in [1.82, 2.24) is 14.8 Å². The number of hydrogen-bond acceptors (Lipinski definition) is 5. The molecule has 8 heteroatoms. The van der Waals surface area contributed by atoms with Crippen molar-refractivity contribution in [2.45, 2.75) is 13.0 Å². The minimum Gasteiger partial charge on any atom is -0.385 e. The Morgan fingerprint density at radius 3 is 2.68 bits per heavy atom. The third-order valence-electron chi connectivity index (χ3n) is 4.69. The average molecular weight is 387 g/mol. The number of rotatable bonds is 8. The van der Waals surface area contributed by atoms with Crippen molar-refractivity contribution in [2.24, 2.45) is 0 Å². The van der Waals surface area contributed by atoms with Gasteiger partial charge in [-0.25, -0.2) is 0 Å². The zero-order valence-electron chi connectivity index (χ0n) is 16.0. The normalized spacial score (nSPS) is 14.2. The summed E-state index contributed by atoms with van der Waals surface area (Å²) in [6, 6.07) is 7.28. The molecule has 2 amide bonds. The fraction of sp³-hybridized carbons (Fsp3) is 0.450. The van der Waals surface area contributed by atoms with Crippen molar-refractivity contribution in [2.75, 3.05) is 46.6 Å². The molecule has 1 aromatic carbocycles. The number of carbonyl (C=O) groups excluding carboxylic acids is 3. The average Bonchev–Trinajstić information content (AvgIpc) is 3.09. The minimum absolute atomic E-state index is 0.0759. The van der Waals surface area contributed by atoms with E-state index in [0.717, 1.165) is 11.9 Å². The molecule has 0 radical (unpaired) electrons. The van der Waals surface area contributed by atoms with E-state index >= 15 is 0 Å². The fourth-order valence-corrected chi connectivity index (χ4v) is 3.24. The van der Waals surface area contributed by atoms with Crippen molar-refractivity contribution in [3.8, 4) is 0 Å². The van der Waals surface area contributed by atoms with Crippen LogP contribution in [0.5, 0.6) is 0 Å². The summed E-state index contributed by atoms with van der Waals surface area (Å²) in [7, 11) is 1.62.